The fourth-order valence-corrected chi connectivity index (χ4v) is 2.41. The summed E-state index contributed by atoms with van der Waals surface area (Å²) in [6, 6.07) is 12.6. The molecule has 1 heterocycles. The summed E-state index contributed by atoms with van der Waals surface area (Å²) < 4.78 is 1.09. The standard InChI is InChI=1S/C15H18BrN3/c1-19(11-12-3-2-8-18-10-12)15(9-17)13-4-6-14(16)7-5-13/h2-8,10,15H,9,11,17H2,1H3. The van der Waals surface area contributed by atoms with Crippen molar-refractivity contribution in [3.63, 3.8) is 0 Å². The molecule has 2 N–H and O–H groups in total. The Bertz CT molecular complexity index is 499. The number of likely N-dealkylation sites (N-methyl/N-ethyl adjacent to an activating group) is 1. The summed E-state index contributed by atoms with van der Waals surface area (Å²) in [5, 5.41) is 0. The maximum absolute atomic E-state index is 5.93. The Kier molecular flexibility index (Phi) is 5.07. The zero-order valence-corrected chi connectivity index (χ0v) is 12.5. The molecule has 1 unspecified atom stereocenters. The number of aromatic nitrogens is 1. The van der Waals surface area contributed by atoms with Gasteiger partial charge in [-0.2, -0.15) is 0 Å². The average Bonchev–Trinajstić information content (AvgIpc) is 2.43. The van der Waals surface area contributed by atoms with E-state index >= 15 is 0 Å². The summed E-state index contributed by atoms with van der Waals surface area (Å²) >= 11 is 3.45. The highest BCUT2D eigenvalue weighted by Gasteiger charge is 2.15. The van der Waals surface area contributed by atoms with Crippen molar-refractivity contribution in [1.82, 2.24) is 9.88 Å². The second-order valence-electron chi connectivity index (χ2n) is 4.58. The molecule has 0 bridgehead atoms. The maximum Gasteiger partial charge on any atom is 0.0470 e. The molecule has 0 aliphatic heterocycles. The van der Waals surface area contributed by atoms with Crippen molar-refractivity contribution in [3.8, 4) is 0 Å². The minimum Gasteiger partial charge on any atom is -0.329 e. The van der Waals surface area contributed by atoms with Crippen LogP contribution in [0.3, 0.4) is 0 Å². The third-order valence-electron chi connectivity index (χ3n) is 3.16. The van der Waals surface area contributed by atoms with Gasteiger partial charge in [-0.3, -0.25) is 9.88 Å². The first kappa shape index (κ1) is 14.2. The molecule has 0 radical (unpaired) electrons. The van der Waals surface area contributed by atoms with E-state index in [0.29, 0.717) is 6.54 Å². The molecule has 0 saturated carbocycles. The highest BCUT2D eigenvalue weighted by molar-refractivity contribution is 9.10. The summed E-state index contributed by atoms with van der Waals surface area (Å²) in [7, 11) is 2.09. The van der Waals surface area contributed by atoms with Gasteiger partial charge in [-0.05, 0) is 36.4 Å². The van der Waals surface area contributed by atoms with Crippen LogP contribution in [0.1, 0.15) is 17.2 Å². The van der Waals surface area contributed by atoms with E-state index in [0.717, 1.165) is 11.0 Å². The van der Waals surface area contributed by atoms with Gasteiger partial charge in [0.15, 0.2) is 0 Å². The molecule has 100 valence electrons. The molecule has 0 aliphatic rings. The number of hydrogen-bond donors (Lipinski definition) is 1. The molecular formula is C15H18BrN3. The number of benzene rings is 1. The zero-order chi connectivity index (χ0) is 13.7. The van der Waals surface area contributed by atoms with Crippen LogP contribution in [0.2, 0.25) is 0 Å². The molecule has 4 heteroatoms. The predicted molar refractivity (Wildman–Crippen MR) is 81.6 cm³/mol. The topological polar surface area (TPSA) is 42.2 Å². The van der Waals surface area contributed by atoms with Gasteiger partial charge in [0, 0.05) is 36.0 Å². The highest BCUT2D eigenvalue weighted by atomic mass is 79.9. The Balaban J connectivity index is 2.11. The van der Waals surface area contributed by atoms with Crippen LogP contribution in [0.4, 0.5) is 0 Å². The Morgan fingerprint density at radius 3 is 2.58 bits per heavy atom. The highest BCUT2D eigenvalue weighted by Crippen LogP contribution is 2.22. The van der Waals surface area contributed by atoms with Crippen molar-refractivity contribution >= 4 is 15.9 Å². The van der Waals surface area contributed by atoms with Crippen molar-refractivity contribution in [1.29, 1.82) is 0 Å². The van der Waals surface area contributed by atoms with E-state index in [1.54, 1.807) is 6.20 Å². The summed E-state index contributed by atoms with van der Waals surface area (Å²) in [6.45, 7) is 1.43. The van der Waals surface area contributed by atoms with Gasteiger partial charge in [0.2, 0.25) is 0 Å². The molecule has 19 heavy (non-hydrogen) atoms. The van der Waals surface area contributed by atoms with Crippen molar-refractivity contribution in [2.45, 2.75) is 12.6 Å². The van der Waals surface area contributed by atoms with Gasteiger partial charge in [-0.25, -0.2) is 0 Å². The first-order valence-corrected chi connectivity index (χ1v) is 7.04. The maximum atomic E-state index is 5.93. The lowest BCUT2D eigenvalue weighted by Crippen LogP contribution is -2.30. The Hall–Kier alpha value is -1.23. The fraction of sp³-hybridized carbons (Fsp3) is 0.267. The van der Waals surface area contributed by atoms with E-state index in [1.165, 1.54) is 11.1 Å². The molecule has 0 saturated heterocycles. The predicted octanol–water partition coefficient (Wildman–Crippen LogP) is 2.98. The van der Waals surface area contributed by atoms with Gasteiger partial charge in [-0.1, -0.05) is 34.1 Å². The van der Waals surface area contributed by atoms with Crippen LogP contribution < -0.4 is 5.73 Å². The van der Waals surface area contributed by atoms with Gasteiger partial charge in [0.05, 0.1) is 0 Å². The average molecular weight is 320 g/mol. The van der Waals surface area contributed by atoms with Crippen molar-refractivity contribution < 1.29 is 0 Å². The van der Waals surface area contributed by atoms with Gasteiger partial charge in [0.1, 0.15) is 0 Å². The molecule has 3 nitrogen and oxygen atoms in total. The lowest BCUT2D eigenvalue weighted by atomic mass is 10.1. The van der Waals surface area contributed by atoms with Crippen LogP contribution in [-0.4, -0.2) is 23.5 Å². The van der Waals surface area contributed by atoms with Gasteiger partial charge >= 0.3 is 0 Å². The first-order valence-electron chi connectivity index (χ1n) is 6.25. The Labute approximate surface area is 122 Å². The van der Waals surface area contributed by atoms with E-state index in [1.807, 2.05) is 12.3 Å². The second kappa shape index (κ2) is 6.80. The third kappa shape index (κ3) is 3.86. The number of pyridine rings is 1. The SMILES string of the molecule is CN(Cc1cccnc1)C(CN)c1ccc(Br)cc1. The van der Waals surface area contributed by atoms with Crippen LogP contribution in [0.15, 0.2) is 53.3 Å². The molecule has 1 aromatic carbocycles. The molecule has 0 amide bonds. The van der Waals surface area contributed by atoms with Crippen molar-refractivity contribution in [3.05, 3.63) is 64.4 Å². The van der Waals surface area contributed by atoms with Gasteiger partial charge in [0.25, 0.3) is 0 Å². The molecule has 2 rings (SSSR count). The Morgan fingerprint density at radius 1 is 1.26 bits per heavy atom. The van der Waals surface area contributed by atoms with Gasteiger partial charge in [-0.15, -0.1) is 0 Å². The van der Waals surface area contributed by atoms with E-state index in [9.17, 15) is 0 Å². The number of nitrogens with zero attached hydrogens (tertiary/aromatic N) is 2. The van der Waals surface area contributed by atoms with Gasteiger partial charge < -0.3 is 5.73 Å². The monoisotopic (exact) mass is 319 g/mol. The van der Waals surface area contributed by atoms with Crippen LogP contribution in [-0.2, 0) is 6.54 Å². The summed E-state index contributed by atoms with van der Waals surface area (Å²) in [5.74, 6) is 0. The number of nitrogens with two attached hydrogens (primary N) is 1. The zero-order valence-electron chi connectivity index (χ0n) is 11.0. The second-order valence-corrected chi connectivity index (χ2v) is 5.50. The summed E-state index contributed by atoms with van der Waals surface area (Å²) in [6.07, 6.45) is 3.68. The van der Waals surface area contributed by atoms with Crippen LogP contribution in [0, 0.1) is 0 Å². The molecule has 0 aliphatic carbocycles. The molecule has 0 spiro atoms. The smallest absolute Gasteiger partial charge is 0.0470 e. The van der Waals surface area contributed by atoms with Crippen molar-refractivity contribution in [2.24, 2.45) is 5.73 Å². The Morgan fingerprint density at radius 2 is 2.00 bits per heavy atom. The lowest BCUT2D eigenvalue weighted by Gasteiger charge is -2.27. The minimum absolute atomic E-state index is 0.216. The van der Waals surface area contributed by atoms with Crippen LogP contribution in [0.5, 0.6) is 0 Å². The molecule has 2 aromatic rings. The largest absolute Gasteiger partial charge is 0.329 e. The molecule has 0 fully saturated rings. The molecule has 1 atom stereocenters. The molecule has 1 aromatic heterocycles. The van der Waals surface area contributed by atoms with Crippen molar-refractivity contribution in [2.75, 3.05) is 13.6 Å². The normalized spacial score (nSPS) is 12.6. The van der Waals surface area contributed by atoms with Crippen LogP contribution >= 0.6 is 15.9 Å². The van der Waals surface area contributed by atoms with Crippen LogP contribution in [0.25, 0.3) is 0 Å². The lowest BCUT2D eigenvalue weighted by molar-refractivity contribution is 0.241. The van der Waals surface area contributed by atoms with E-state index in [4.69, 9.17) is 5.73 Å². The number of hydrogen-bond acceptors (Lipinski definition) is 3. The van der Waals surface area contributed by atoms with E-state index < -0.39 is 0 Å². The van der Waals surface area contributed by atoms with E-state index in [-0.39, 0.29) is 6.04 Å². The minimum atomic E-state index is 0.216. The van der Waals surface area contributed by atoms with E-state index in [2.05, 4.69) is 63.2 Å². The number of halogens is 1. The number of rotatable bonds is 5. The quantitative estimate of drug-likeness (QED) is 0.921. The first-order chi connectivity index (χ1) is 9.20. The molecular weight excluding hydrogens is 302 g/mol. The third-order valence-corrected chi connectivity index (χ3v) is 3.69. The summed E-state index contributed by atoms with van der Waals surface area (Å²) in [5.41, 5.74) is 8.36. The fourth-order valence-electron chi connectivity index (χ4n) is 2.15. The summed E-state index contributed by atoms with van der Waals surface area (Å²) in [4.78, 5) is 6.39.